The summed E-state index contributed by atoms with van der Waals surface area (Å²) in [7, 11) is -1.35. The number of aryl methyl sites for hydroxylation is 3. The van der Waals surface area contributed by atoms with Crippen molar-refractivity contribution in [1.29, 1.82) is 0 Å². The van der Waals surface area contributed by atoms with Gasteiger partial charge in [0, 0.05) is 47.7 Å². The van der Waals surface area contributed by atoms with Gasteiger partial charge in [-0.2, -0.15) is 0 Å². The Morgan fingerprint density at radius 1 is 1.09 bits per heavy atom. The molecule has 7 heteroatoms. The van der Waals surface area contributed by atoms with Gasteiger partial charge in [0.1, 0.15) is 11.5 Å². The predicted molar refractivity (Wildman–Crippen MR) is 133 cm³/mol. The minimum Gasteiger partial charge on any atom is -0.441 e. The molecule has 0 unspecified atom stereocenters. The topological polar surface area (TPSA) is 66.7 Å². The summed E-state index contributed by atoms with van der Waals surface area (Å²) < 4.78 is 18.6. The maximum absolute atomic E-state index is 12.9. The van der Waals surface area contributed by atoms with Crippen molar-refractivity contribution in [1.82, 2.24) is 9.88 Å². The molecule has 1 aliphatic rings. The zero-order valence-electron chi connectivity index (χ0n) is 19.7. The van der Waals surface area contributed by atoms with E-state index >= 15 is 0 Å². The maximum atomic E-state index is 12.9. The van der Waals surface area contributed by atoms with Gasteiger partial charge in [0.05, 0.1) is 11.4 Å². The van der Waals surface area contributed by atoms with Crippen LogP contribution in [-0.4, -0.2) is 51.4 Å². The lowest BCUT2D eigenvalue weighted by atomic mass is 10.1. The first kappa shape index (κ1) is 23.2. The Balaban J connectivity index is 1.34. The van der Waals surface area contributed by atoms with Gasteiger partial charge >= 0.3 is 0 Å². The summed E-state index contributed by atoms with van der Waals surface area (Å²) in [6, 6.07) is 16.6. The largest absolute Gasteiger partial charge is 0.441 e. The van der Waals surface area contributed by atoms with E-state index in [1.165, 1.54) is 11.3 Å². The molecule has 2 heterocycles. The van der Waals surface area contributed by atoms with Crippen molar-refractivity contribution < 1.29 is 13.4 Å². The molecular formula is C26H31N3O3S. The number of carbonyl (C=O) groups is 1. The van der Waals surface area contributed by atoms with Gasteiger partial charge in [0.2, 0.25) is 11.8 Å². The van der Waals surface area contributed by atoms with Crippen molar-refractivity contribution in [2.24, 2.45) is 0 Å². The average Bonchev–Trinajstić information content (AvgIpc) is 3.14. The monoisotopic (exact) mass is 465 g/mol. The number of anilines is 1. The smallest absolute Gasteiger partial charge is 0.235 e. The summed E-state index contributed by atoms with van der Waals surface area (Å²) in [4.78, 5) is 21.6. The SMILES string of the molecule is Cc1ccc(-c2nc(C[S@](=O)CC(=O)N3CCN(c4cccc(C)c4)[C@H](C)C3)c(C)o2)cc1. The highest BCUT2D eigenvalue weighted by atomic mass is 32.2. The number of amides is 1. The second kappa shape index (κ2) is 9.91. The minimum atomic E-state index is -1.35. The number of carbonyl (C=O) groups excluding carboxylic acids is 1. The Bertz CT molecular complexity index is 1160. The lowest BCUT2D eigenvalue weighted by Gasteiger charge is -2.41. The van der Waals surface area contributed by atoms with Crippen LogP contribution in [0.15, 0.2) is 52.9 Å². The lowest BCUT2D eigenvalue weighted by molar-refractivity contribution is -0.129. The van der Waals surface area contributed by atoms with Crippen LogP contribution in [0.2, 0.25) is 0 Å². The Hall–Kier alpha value is -2.93. The van der Waals surface area contributed by atoms with Crippen LogP contribution in [0.25, 0.3) is 11.5 Å². The molecule has 0 aliphatic carbocycles. The molecule has 2 atom stereocenters. The number of nitrogens with zero attached hydrogens (tertiary/aromatic N) is 3. The van der Waals surface area contributed by atoms with E-state index in [2.05, 4.69) is 48.0 Å². The standard InChI is InChI=1S/C26H31N3O3S/c1-18-8-10-22(11-9-18)26-27-24(21(4)32-26)16-33(31)17-25(30)28-12-13-29(20(3)15-28)23-7-5-6-19(2)14-23/h5-11,14,20H,12-13,15-17H2,1-4H3/t20-,33+/m1/s1. The van der Waals surface area contributed by atoms with Crippen LogP contribution < -0.4 is 4.90 Å². The van der Waals surface area contributed by atoms with Gasteiger partial charge in [-0.05, 0) is 57.5 Å². The molecule has 1 saturated heterocycles. The first-order valence-corrected chi connectivity index (χ1v) is 12.8. The van der Waals surface area contributed by atoms with E-state index in [1.54, 1.807) is 0 Å². The molecule has 1 aromatic heterocycles. The number of piperazine rings is 1. The molecule has 0 bridgehead atoms. The Morgan fingerprint density at radius 2 is 1.85 bits per heavy atom. The summed E-state index contributed by atoms with van der Waals surface area (Å²) >= 11 is 0. The van der Waals surface area contributed by atoms with Crippen molar-refractivity contribution in [3.63, 3.8) is 0 Å². The number of rotatable bonds is 6. The van der Waals surface area contributed by atoms with Gasteiger partial charge in [-0.3, -0.25) is 9.00 Å². The fourth-order valence-electron chi connectivity index (χ4n) is 4.19. The molecular weight excluding hydrogens is 434 g/mol. The van der Waals surface area contributed by atoms with E-state index in [0.717, 1.165) is 17.7 Å². The third kappa shape index (κ3) is 5.53. The third-order valence-electron chi connectivity index (χ3n) is 6.09. The van der Waals surface area contributed by atoms with Gasteiger partial charge in [0.15, 0.2) is 0 Å². The molecule has 174 valence electrons. The van der Waals surface area contributed by atoms with Gasteiger partial charge in [-0.25, -0.2) is 4.98 Å². The highest BCUT2D eigenvalue weighted by molar-refractivity contribution is 7.84. The highest BCUT2D eigenvalue weighted by Crippen LogP contribution is 2.24. The summed E-state index contributed by atoms with van der Waals surface area (Å²) in [6.07, 6.45) is 0. The Morgan fingerprint density at radius 3 is 2.55 bits per heavy atom. The van der Waals surface area contributed by atoms with E-state index in [4.69, 9.17) is 4.42 Å². The molecule has 1 aliphatic heterocycles. The van der Waals surface area contributed by atoms with E-state index < -0.39 is 10.8 Å². The molecule has 0 radical (unpaired) electrons. The third-order valence-corrected chi connectivity index (χ3v) is 7.25. The van der Waals surface area contributed by atoms with Crippen LogP contribution in [0.4, 0.5) is 5.69 Å². The highest BCUT2D eigenvalue weighted by Gasteiger charge is 2.28. The van der Waals surface area contributed by atoms with Gasteiger partial charge in [-0.1, -0.05) is 29.8 Å². The molecule has 2 aromatic carbocycles. The summed E-state index contributed by atoms with van der Waals surface area (Å²) in [5, 5.41) is 0. The van der Waals surface area contributed by atoms with Gasteiger partial charge < -0.3 is 14.2 Å². The number of oxazole rings is 1. The molecule has 1 amide bonds. The fraction of sp³-hybridized carbons (Fsp3) is 0.385. The number of hydrogen-bond donors (Lipinski definition) is 0. The Kier molecular flexibility index (Phi) is 6.98. The van der Waals surface area contributed by atoms with E-state index in [1.807, 2.05) is 43.0 Å². The van der Waals surface area contributed by atoms with Crippen LogP contribution in [0.3, 0.4) is 0 Å². The quantitative estimate of drug-likeness (QED) is 0.544. The first-order valence-electron chi connectivity index (χ1n) is 11.3. The molecule has 33 heavy (non-hydrogen) atoms. The molecule has 0 spiro atoms. The number of hydrogen-bond acceptors (Lipinski definition) is 5. The summed E-state index contributed by atoms with van der Waals surface area (Å²) in [5.41, 5.74) is 5.11. The first-order chi connectivity index (χ1) is 15.8. The van der Waals surface area contributed by atoms with Gasteiger partial charge in [-0.15, -0.1) is 0 Å². The predicted octanol–water partition coefficient (Wildman–Crippen LogP) is 4.25. The molecule has 3 aromatic rings. The molecule has 4 rings (SSSR count). The van der Waals surface area contributed by atoms with E-state index in [0.29, 0.717) is 30.4 Å². The fourth-order valence-corrected chi connectivity index (χ4v) is 5.32. The maximum Gasteiger partial charge on any atom is 0.235 e. The second-order valence-electron chi connectivity index (χ2n) is 8.84. The molecule has 1 fully saturated rings. The number of aromatic nitrogens is 1. The van der Waals surface area contributed by atoms with Crippen LogP contribution in [0, 0.1) is 20.8 Å². The van der Waals surface area contributed by atoms with Crippen LogP contribution in [0.1, 0.15) is 29.5 Å². The number of benzene rings is 2. The van der Waals surface area contributed by atoms with Crippen LogP contribution in [0.5, 0.6) is 0 Å². The van der Waals surface area contributed by atoms with Crippen molar-refractivity contribution in [2.45, 2.75) is 39.5 Å². The van der Waals surface area contributed by atoms with Crippen molar-refractivity contribution >= 4 is 22.4 Å². The Labute approximate surface area is 198 Å². The molecule has 6 nitrogen and oxygen atoms in total. The molecule has 0 saturated carbocycles. The van der Waals surface area contributed by atoms with Gasteiger partial charge in [0.25, 0.3) is 0 Å². The normalized spacial score (nSPS) is 17.3. The summed E-state index contributed by atoms with van der Waals surface area (Å²) in [5.74, 6) is 1.32. The minimum absolute atomic E-state index is 0.00330. The lowest BCUT2D eigenvalue weighted by Crippen LogP contribution is -2.54. The van der Waals surface area contributed by atoms with Crippen LogP contribution in [-0.2, 0) is 21.3 Å². The summed E-state index contributed by atoms with van der Waals surface area (Å²) in [6.45, 7) is 10.1. The van der Waals surface area contributed by atoms with Crippen molar-refractivity contribution in [3.8, 4) is 11.5 Å². The van der Waals surface area contributed by atoms with Crippen molar-refractivity contribution in [3.05, 3.63) is 71.1 Å². The van der Waals surface area contributed by atoms with Crippen LogP contribution >= 0.6 is 0 Å². The molecule has 0 N–H and O–H groups in total. The van der Waals surface area contributed by atoms with E-state index in [-0.39, 0.29) is 23.5 Å². The van der Waals surface area contributed by atoms with Crippen molar-refractivity contribution in [2.75, 3.05) is 30.3 Å². The zero-order valence-corrected chi connectivity index (χ0v) is 20.5. The zero-order chi connectivity index (χ0) is 23.5. The van der Waals surface area contributed by atoms with E-state index in [9.17, 15) is 9.00 Å². The second-order valence-corrected chi connectivity index (χ2v) is 10.3. The average molecular weight is 466 g/mol.